The maximum Gasteiger partial charge on any atom is 0.265 e. The smallest absolute Gasteiger partial charge is 0.265 e. The minimum atomic E-state index is -4.46. The van der Waals surface area contributed by atoms with Gasteiger partial charge in [-0.15, -0.1) is 0 Å². The first-order valence-corrected chi connectivity index (χ1v) is 17.7. The number of ether oxygens (including phenoxy) is 4. The Hall–Kier alpha value is -4.16. The molecule has 1 saturated carbocycles. The molecule has 1 N–H and O–H groups in total. The van der Waals surface area contributed by atoms with Crippen molar-refractivity contribution >= 4 is 39.1 Å². The van der Waals surface area contributed by atoms with Crippen LogP contribution in [0.1, 0.15) is 51.0 Å². The quantitative estimate of drug-likeness (QED) is 0.210. The van der Waals surface area contributed by atoms with E-state index >= 15 is 0 Å². The van der Waals surface area contributed by atoms with E-state index < -0.39 is 28.5 Å². The molecule has 1 unspecified atom stereocenters. The molecule has 4 rings (SSSR count). The summed E-state index contributed by atoms with van der Waals surface area (Å²) in [6.07, 6.45) is 5.23. The van der Waals surface area contributed by atoms with Crippen molar-refractivity contribution in [3.63, 3.8) is 0 Å². The molecule has 0 spiro atoms. The number of nitrogens with one attached hydrogen (secondary N) is 1. The molecule has 2 amide bonds. The zero-order valence-electron chi connectivity index (χ0n) is 28.0. The van der Waals surface area contributed by atoms with Gasteiger partial charge in [-0.05, 0) is 67.3 Å². The molecule has 0 aromatic heterocycles. The van der Waals surface area contributed by atoms with Crippen LogP contribution in [0.2, 0.25) is 5.02 Å². The second-order valence-electron chi connectivity index (χ2n) is 11.5. The van der Waals surface area contributed by atoms with Gasteiger partial charge in [-0.1, -0.05) is 49.9 Å². The van der Waals surface area contributed by atoms with Crippen LogP contribution in [-0.4, -0.2) is 72.2 Å². The topological polar surface area (TPSA) is 124 Å². The first-order chi connectivity index (χ1) is 23.1. The van der Waals surface area contributed by atoms with Gasteiger partial charge in [0.1, 0.15) is 24.1 Å². The number of hydrogen-bond acceptors (Lipinski definition) is 8. The average Bonchev–Trinajstić information content (AvgIpc) is 3.10. The molecule has 0 bridgehead atoms. The van der Waals surface area contributed by atoms with Gasteiger partial charge in [0.15, 0.2) is 11.5 Å². The molecule has 3 aromatic carbocycles. The van der Waals surface area contributed by atoms with Crippen LogP contribution >= 0.6 is 11.6 Å². The van der Waals surface area contributed by atoms with E-state index in [2.05, 4.69) is 5.32 Å². The first-order valence-electron chi connectivity index (χ1n) is 15.9. The molecule has 0 aliphatic heterocycles. The van der Waals surface area contributed by atoms with Gasteiger partial charge in [-0.3, -0.25) is 13.9 Å². The van der Waals surface area contributed by atoms with Crippen molar-refractivity contribution in [2.24, 2.45) is 0 Å². The van der Waals surface area contributed by atoms with Gasteiger partial charge in [0, 0.05) is 23.7 Å². The lowest BCUT2D eigenvalue weighted by molar-refractivity contribution is -0.140. The molecule has 1 fully saturated rings. The Morgan fingerprint density at radius 1 is 0.875 bits per heavy atom. The predicted octanol–water partition coefficient (Wildman–Crippen LogP) is 5.83. The van der Waals surface area contributed by atoms with E-state index in [0.29, 0.717) is 23.5 Å². The lowest BCUT2D eigenvalue weighted by atomic mass is 9.95. The largest absolute Gasteiger partial charge is 0.497 e. The summed E-state index contributed by atoms with van der Waals surface area (Å²) in [7, 11) is 1.33. The average molecular weight is 702 g/mol. The van der Waals surface area contributed by atoms with E-state index in [4.69, 9.17) is 30.5 Å². The number of rotatable bonds is 15. The number of benzene rings is 3. The summed E-state index contributed by atoms with van der Waals surface area (Å²) in [4.78, 5) is 29.7. The van der Waals surface area contributed by atoms with Crippen molar-refractivity contribution in [3.05, 3.63) is 71.2 Å². The highest BCUT2D eigenvalue weighted by Crippen LogP contribution is 2.37. The van der Waals surface area contributed by atoms with Crippen molar-refractivity contribution in [3.8, 4) is 23.0 Å². The third-order valence-corrected chi connectivity index (χ3v) is 10.4. The summed E-state index contributed by atoms with van der Waals surface area (Å²) in [5, 5.41) is 3.38. The van der Waals surface area contributed by atoms with Gasteiger partial charge in [-0.2, -0.15) is 0 Å². The van der Waals surface area contributed by atoms with Crippen LogP contribution in [0, 0.1) is 0 Å². The Morgan fingerprint density at radius 3 is 2.21 bits per heavy atom. The molecule has 0 saturated heterocycles. The molecule has 260 valence electrons. The molecule has 48 heavy (non-hydrogen) atoms. The number of carbonyl (C=O) groups is 2. The molecular formula is C35H44ClN3O8S. The summed E-state index contributed by atoms with van der Waals surface area (Å²) < 4.78 is 51.5. The third kappa shape index (κ3) is 8.65. The zero-order chi connectivity index (χ0) is 34.8. The van der Waals surface area contributed by atoms with Gasteiger partial charge in [0.05, 0.1) is 39.0 Å². The number of nitrogens with zero attached hydrogens (tertiary/aromatic N) is 2. The van der Waals surface area contributed by atoms with E-state index in [0.717, 1.165) is 36.4 Å². The van der Waals surface area contributed by atoms with E-state index in [1.165, 1.54) is 56.6 Å². The minimum Gasteiger partial charge on any atom is -0.497 e. The molecular weight excluding hydrogens is 658 g/mol. The molecule has 0 heterocycles. The van der Waals surface area contributed by atoms with Crippen molar-refractivity contribution in [1.29, 1.82) is 0 Å². The Labute approximate surface area is 288 Å². The van der Waals surface area contributed by atoms with E-state index in [9.17, 15) is 18.0 Å². The van der Waals surface area contributed by atoms with Crippen molar-refractivity contribution < 1.29 is 37.0 Å². The molecule has 0 radical (unpaired) electrons. The molecule has 3 aromatic rings. The van der Waals surface area contributed by atoms with E-state index in [1.54, 1.807) is 31.4 Å². The summed E-state index contributed by atoms with van der Waals surface area (Å²) in [6, 6.07) is 15.0. The first kappa shape index (κ1) is 36.7. The Bertz CT molecular complexity index is 1680. The number of methoxy groups -OCH3 is 4. The van der Waals surface area contributed by atoms with Gasteiger partial charge in [-0.25, -0.2) is 8.42 Å². The Morgan fingerprint density at radius 2 is 1.56 bits per heavy atom. The molecule has 1 aliphatic rings. The number of amides is 2. The predicted molar refractivity (Wildman–Crippen MR) is 185 cm³/mol. The van der Waals surface area contributed by atoms with Crippen molar-refractivity contribution in [2.75, 3.05) is 39.3 Å². The van der Waals surface area contributed by atoms with Crippen molar-refractivity contribution in [1.82, 2.24) is 10.2 Å². The van der Waals surface area contributed by atoms with Gasteiger partial charge < -0.3 is 29.2 Å². The summed E-state index contributed by atoms with van der Waals surface area (Å²) in [5.74, 6) is 0.398. The van der Waals surface area contributed by atoms with Crippen LogP contribution in [0.15, 0.2) is 65.6 Å². The fraction of sp³-hybridized carbons (Fsp3) is 0.429. The van der Waals surface area contributed by atoms with Crippen LogP contribution in [0.4, 0.5) is 5.69 Å². The highest BCUT2D eigenvalue weighted by Gasteiger charge is 2.36. The van der Waals surface area contributed by atoms with Crippen LogP contribution in [0.3, 0.4) is 0 Å². The third-order valence-electron chi connectivity index (χ3n) is 8.46. The SMILES string of the molecule is CCC(C(=O)NC1CCCCC1)N(Cc1cccc(OC)c1)C(=O)CN(c1cc(Cl)ccc1OC)S(=O)(=O)c1ccc(OC)c(OC)c1. The van der Waals surface area contributed by atoms with Crippen molar-refractivity contribution in [2.45, 2.75) is 69.0 Å². The lowest BCUT2D eigenvalue weighted by Crippen LogP contribution is -2.54. The number of sulfonamides is 1. The standard InChI is InChI=1S/C35H44ClN3O8S/c1-6-29(35(41)37-26-12-8-7-9-13-26)38(22-24-11-10-14-27(19-24)44-2)34(40)23-39(30-20-25(36)15-17-31(30)45-3)48(42,43)28-16-18-32(46-4)33(21-28)47-5/h10-11,14-21,26,29H,6-9,12-13,22-23H2,1-5H3,(H,37,41). The number of carbonyl (C=O) groups excluding carboxylic acids is 2. The fourth-order valence-corrected chi connectivity index (χ4v) is 7.51. The van der Waals surface area contributed by atoms with Crippen LogP contribution in [-0.2, 0) is 26.2 Å². The number of hydrogen-bond donors (Lipinski definition) is 1. The lowest BCUT2D eigenvalue weighted by Gasteiger charge is -2.34. The summed E-state index contributed by atoms with van der Waals surface area (Å²) in [6.45, 7) is 1.20. The summed E-state index contributed by atoms with van der Waals surface area (Å²) >= 11 is 6.37. The molecule has 13 heteroatoms. The maximum atomic E-state index is 14.6. The normalized spacial score (nSPS) is 14.0. The number of anilines is 1. The molecule has 1 atom stereocenters. The maximum absolute atomic E-state index is 14.6. The van der Waals surface area contributed by atoms with E-state index in [1.807, 2.05) is 13.0 Å². The van der Waals surface area contributed by atoms with Crippen LogP contribution < -0.4 is 28.6 Å². The zero-order valence-corrected chi connectivity index (χ0v) is 29.6. The monoisotopic (exact) mass is 701 g/mol. The van der Waals surface area contributed by atoms with Gasteiger partial charge >= 0.3 is 0 Å². The molecule has 1 aliphatic carbocycles. The second kappa shape index (κ2) is 16.8. The minimum absolute atomic E-state index is 0.0201. The highest BCUT2D eigenvalue weighted by atomic mass is 35.5. The summed E-state index contributed by atoms with van der Waals surface area (Å²) in [5.41, 5.74) is 0.760. The van der Waals surface area contributed by atoms with Gasteiger partial charge in [0.2, 0.25) is 11.8 Å². The van der Waals surface area contributed by atoms with Crippen LogP contribution in [0.5, 0.6) is 23.0 Å². The molecule has 11 nitrogen and oxygen atoms in total. The van der Waals surface area contributed by atoms with Gasteiger partial charge in [0.25, 0.3) is 10.0 Å². The van der Waals surface area contributed by atoms with Crippen LogP contribution in [0.25, 0.3) is 0 Å². The fourth-order valence-electron chi connectivity index (χ4n) is 5.91. The Balaban J connectivity index is 1.80. The second-order valence-corrected chi connectivity index (χ2v) is 13.8. The van der Waals surface area contributed by atoms with E-state index in [-0.39, 0.29) is 45.6 Å². The Kier molecular flexibility index (Phi) is 12.8. The number of halogens is 1. The highest BCUT2D eigenvalue weighted by molar-refractivity contribution is 7.92.